The van der Waals surface area contributed by atoms with Gasteiger partial charge in [-0.1, -0.05) is 19.9 Å². The molecule has 1 nitrogen and oxygen atoms in total. The molecule has 0 amide bonds. The minimum atomic E-state index is -0.0954. The molecule has 0 aliphatic heterocycles. The molecule has 1 aliphatic rings. The Hall–Kier alpha value is -0.890. The first-order valence-electron chi connectivity index (χ1n) is 6.76. The third kappa shape index (κ3) is 2.86. The van der Waals surface area contributed by atoms with Crippen LogP contribution >= 0.6 is 0 Å². The van der Waals surface area contributed by atoms with Crippen LogP contribution in [0.1, 0.15) is 37.8 Å². The van der Waals surface area contributed by atoms with Crippen molar-refractivity contribution in [2.24, 2.45) is 0 Å². The first-order chi connectivity index (χ1) is 8.24. The lowest BCUT2D eigenvalue weighted by Crippen LogP contribution is -2.37. The quantitative estimate of drug-likeness (QED) is 0.756. The van der Waals surface area contributed by atoms with Crippen LogP contribution in [0, 0.1) is 5.82 Å². The van der Waals surface area contributed by atoms with Crippen LogP contribution in [0.3, 0.4) is 0 Å². The Bertz CT molecular complexity index is 369. The maximum absolute atomic E-state index is 13.2. The molecular weight excluding hydrogens is 213 g/mol. The van der Waals surface area contributed by atoms with E-state index in [1.54, 1.807) is 12.1 Å². The summed E-state index contributed by atoms with van der Waals surface area (Å²) in [5.74, 6) is -0.0954. The van der Waals surface area contributed by atoms with Gasteiger partial charge in [0.1, 0.15) is 5.82 Å². The summed E-state index contributed by atoms with van der Waals surface area (Å²) in [6, 6.07) is 5.85. The van der Waals surface area contributed by atoms with E-state index in [9.17, 15) is 4.39 Å². The average molecular weight is 235 g/mol. The number of rotatable bonds is 5. The zero-order valence-electron chi connectivity index (χ0n) is 10.9. The summed E-state index contributed by atoms with van der Waals surface area (Å²) in [4.78, 5) is 2.57. The number of nitrogens with zero attached hydrogens (tertiary/aromatic N) is 1. The highest BCUT2D eigenvalue weighted by Gasteiger charge is 2.26. The number of fused-ring (bicyclic) bond motifs is 1. The van der Waals surface area contributed by atoms with Gasteiger partial charge in [-0.2, -0.15) is 0 Å². The monoisotopic (exact) mass is 235 g/mol. The van der Waals surface area contributed by atoms with E-state index in [4.69, 9.17) is 0 Å². The van der Waals surface area contributed by atoms with E-state index < -0.39 is 0 Å². The Morgan fingerprint density at radius 1 is 1.12 bits per heavy atom. The molecule has 0 bridgehead atoms. The molecule has 1 atom stereocenters. The van der Waals surface area contributed by atoms with Crippen molar-refractivity contribution in [2.75, 3.05) is 13.1 Å². The zero-order chi connectivity index (χ0) is 12.3. The van der Waals surface area contributed by atoms with Crippen LogP contribution in [0.15, 0.2) is 18.2 Å². The van der Waals surface area contributed by atoms with Gasteiger partial charge in [-0.25, -0.2) is 4.39 Å². The molecule has 0 spiro atoms. The van der Waals surface area contributed by atoms with Crippen molar-refractivity contribution in [3.05, 3.63) is 35.1 Å². The third-order valence-electron chi connectivity index (χ3n) is 3.62. The van der Waals surface area contributed by atoms with Gasteiger partial charge in [0.25, 0.3) is 0 Å². The van der Waals surface area contributed by atoms with Crippen LogP contribution in [-0.2, 0) is 12.8 Å². The van der Waals surface area contributed by atoms with Gasteiger partial charge in [-0.05, 0) is 62.0 Å². The van der Waals surface area contributed by atoms with Crippen molar-refractivity contribution in [1.82, 2.24) is 4.90 Å². The molecule has 17 heavy (non-hydrogen) atoms. The number of halogens is 1. The molecule has 0 aromatic heterocycles. The second-order valence-electron chi connectivity index (χ2n) is 5.01. The molecule has 0 heterocycles. The molecule has 0 saturated heterocycles. The highest BCUT2D eigenvalue weighted by molar-refractivity contribution is 5.34. The van der Waals surface area contributed by atoms with Gasteiger partial charge in [0.15, 0.2) is 0 Å². The topological polar surface area (TPSA) is 3.24 Å². The smallest absolute Gasteiger partial charge is 0.123 e. The standard InChI is InChI=1S/C15H22FN/c1-3-7-17(8-4-2)15-10-12-5-6-14(16)9-13(12)11-15/h5-6,9,15H,3-4,7-8,10-11H2,1-2H3. The lowest BCUT2D eigenvalue weighted by molar-refractivity contribution is 0.202. The molecule has 2 heteroatoms. The van der Waals surface area contributed by atoms with Crippen molar-refractivity contribution >= 4 is 0 Å². The van der Waals surface area contributed by atoms with Gasteiger partial charge in [-0.3, -0.25) is 4.90 Å². The van der Waals surface area contributed by atoms with E-state index in [0.717, 1.165) is 25.9 Å². The number of hydrogen-bond acceptors (Lipinski definition) is 1. The van der Waals surface area contributed by atoms with Crippen LogP contribution in [-0.4, -0.2) is 24.0 Å². The lowest BCUT2D eigenvalue weighted by atomic mass is 10.1. The van der Waals surface area contributed by atoms with Crippen molar-refractivity contribution < 1.29 is 4.39 Å². The van der Waals surface area contributed by atoms with Crippen molar-refractivity contribution in [2.45, 2.75) is 45.6 Å². The van der Waals surface area contributed by atoms with E-state index in [1.165, 1.54) is 24.0 Å². The summed E-state index contributed by atoms with van der Waals surface area (Å²) in [5.41, 5.74) is 2.56. The van der Waals surface area contributed by atoms with Gasteiger partial charge in [0.05, 0.1) is 0 Å². The summed E-state index contributed by atoms with van der Waals surface area (Å²) < 4.78 is 13.2. The lowest BCUT2D eigenvalue weighted by Gasteiger charge is -2.27. The predicted octanol–water partition coefficient (Wildman–Crippen LogP) is 3.41. The Balaban J connectivity index is 2.07. The molecule has 0 N–H and O–H groups in total. The Kier molecular flexibility index (Phi) is 4.16. The van der Waals surface area contributed by atoms with E-state index in [2.05, 4.69) is 18.7 Å². The van der Waals surface area contributed by atoms with Crippen LogP contribution in [0.4, 0.5) is 4.39 Å². The fourth-order valence-electron chi connectivity index (χ4n) is 2.87. The maximum Gasteiger partial charge on any atom is 0.123 e. The SMILES string of the molecule is CCCN(CCC)C1Cc2ccc(F)cc2C1. The van der Waals surface area contributed by atoms with E-state index >= 15 is 0 Å². The third-order valence-corrected chi connectivity index (χ3v) is 3.62. The van der Waals surface area contributed by atoms with Crippen molar-refractivity contribution in [3.63, 3.8) is 0 Å². The molecule has 0 fully saturated rings. The van der Waals surface area contributed by atoms with E-state index in [0.29, 0.717) is 6.04 Å². The summed E-state index contributed by atoms with van der Waals surface area (Å²) in [6.45, 7) is 6.78. The molecule has 1 aliphatic carbocycles. The molecule has 0 saturated carbocycles. The highest BCUT2D eigenvalue weighted by atomic mass is 19.1. The van der Waals surface area contributed by atoms with Gasteiger partial charge >= 0.3 is 0 Å². The molecule has 1 unspecified atom stereocenters. The average Bonchev–Trinajstić information content (AvgIpc) is 2.71. The first kappa shape index (κ1) is 12.6. The van der Waals surface area contributed by atoms with Crippen LogP contribution in [0.25, 0.3) is 0 Å². The highest BCUT2D eigenvalue weighted by Crippen LogP contribution is 2.26. The number of hydrogen-bond donors (Lipinski definition) is 0. The number of benzene rings is 1. The van der Waals surface area contributed by atoms with Crippen molar-refractivity contribution in [3.8, 4) is 0 Å². The molecular formula is C15H22FN. The second-order valence-corrected chi connectivity index (χ2v) is 5.01. The molecule has 0 radical (unpaired) electrons. The predicted molar refractivity (Wildman–Crippen MR) is 69.8 cm³/mol. The van der Waals surface area contributed by atoms with Gasteiger partial charge in [-0.15, -0.1) is 0 Å². The van der Waals surface area contributed by atoms with Crippen LogP contribution < -0.4 is 0 Å². The minimum absolute atomic E-state index is 0.0954. The van der Waals surface area contributed by atoms with Crippen LogP contribution in [0.5, 0.6) is 0 Å². The Labute approximate surface area is 104 Å². The fraction of sp³-hybridized carbons (Fsp3) is 0.600. The largest absolute Gasteiger partial charge is 0.300 e. The summed E-state index contributed by atoms with van der Waals surface area (Å²) >= 11 is 0. The van der Waals surface area contributed by atoms with E-state index in [1.807, 2.05) is 6.07 Å². The van der Waals surface area contributed by atoms with Gasteiger partial charge in [0.2, 0.25) is 0 Å². The Morgan fingerprint density at radius 2 is 1.76 bits per heavy atom. The molecule has 1 aromatic rings. The molecule has 2 rings (SSSR count). The normalized spacial score (nSPS) is 18.7. The molecule has 1 aromatic carbocycles. The fourth-order valence-corrected chi connectivity index (χ4v) is 2.87. The Morgan fingerprint density at radius 3 is 2.41 bits per heavy atom. The van der Waals surface area contributed by atoms with Crippen LogP contribution in [0.2, 0.25) is 0 Å². The molecule has 94 valence electrons. The summed E-state index contributed by atoms with van der Waals surface area (Å²) in [7, 11) is 0. The van der Waals surface area contributed by atoms with Gasteiger partial charge < -0.3 is 0 Å². The summed E-state index contributed by atoms with van der Waals surface area (Å²) in [5, 5.41) is 0. The van der Waals surface area contributed by atoms with E-state index in [-0.39, 0.29) is 5.82 Å². The first-order valence-corrected chi connectivity index (χ1v) is 6.76. The van der Waals surface area contributed by atoms with Crippen molar-refractivity contribution in [1.29, 1.82) is 0 Å². The maximum atomic E-state index is 13.2. The second kappa shape index (κ2) is 5.63. The van der Waals surface area contributed by atoms with Gasteiger partial charge in [0, 0.05) is 6.04 Å². The zero-order valence-corrected chi connectivity index (χ0v) is 10.9. The summed E-state index contributed by atoms with van der Waals surface area (Å²) in [6.07, 6.45) is 4.51. The minimum Gasteiger partial charge on any atom is -0.300 e.